The zero-order valence-corrected chi connectivity index (χ0v) is 16.1. The van der Waals surface area contributed by atoms with Crippen LogP contribution in [-0.2, 0) is 25.6 Å². The Balaban J connectivity index is 2.76. The third-order valence-corrected chi connectivity index (χ3v) is 4.34. The normalized spacial score (nSPS) is 13.7. The summed E-state index contributed by atoms with van der Waals surface area (Å²) in [4.78, 5) is 47.0. The largest absolute Gasteiger partial charge is 0.480 e. The summed E-state index contributed by atoms with van der Waals surface area (Å²) < 4.78 is 0. The lowest BCUT2D eigenvalue weighted by atomic mass is 9.98. The monoisotopic (exact) mass is 392 g/mol. The van der Waals surface area contributed by atoms with E-state index in [1.165, 1.54) is 0 Å². The Labute approximate surface area is 164 Å². The first-order chi connectivity index (χ1) is 13.2. The van der Waals surface area contributed by atoms with Crippen LogP contribution in [0.1, 0.15) is 25.8 Å². The van der Waals surface area contributed by atoms with Crippen molar-refractivity contribution in [3.8, 4) is 0 Å². The smallest absolute Gasteiger partial charge is 0.322 e. The van der Waals surface area contributed by atoms with Crippen molar-refractivity contribution in [1.82, 2.24) is 16.0 Å². The van der Waals surface area contributed by atoms with E-state index in [0.29, 0.717) is 6.42 Å². The molecule has 3 unspecified atom stereocenters. The molecule has 28 heavy (non-hydrogen) atoms. The molecular formula is C19H28N4O5. The molecule has 6 N–H and O–H groups in total. The third-order valence-electron chi connectivity index (χ3n) is 4.34. The summed E-state index contributed by atoms with van der Waals surface area (Å²) in [6, 6.07) is 7.43. The maximum atomic E-state index is 12.5. The number of rotatable bonds is 11. The van der Waals surface area contributed by atoms with Crippen LogP contribution < -0.4 is 21.7 Å². The Morgan fingerprint density at radius 2 is 1.68 bits per heavy atom. The van der Waals surface area contributed by atoms with Crippen LogP contribution in [-0.4, -0.2) is 54.0 Å². The highest BCUT2D eigenvalue weighted by Gasteiger charge is 2.26. The zero-order chi connectivity index (χ0) is 21.1. The second kappa shape index (κ2) is 11.7. The molecule has 9 heteroatoms. The van der Waals surface area contributed by atoms with Crippen molar-refractivity contribution in [1.29, 1.82) is 0 Å². The van der Waals surface area contributed by atoms with Crippen molar-refractivity contribution in [2.24, 2.45) is 11.7 Å². The maximum absolute atomic E-state index is 12.5. The highest BCUT2D eigenvalue weighted by atomic mass is 16.4. The minimum absolute atomic E-state index is 0.0535. The van der Waals surface area contributed by atoms with E-state index in [1.807, 2.05) is 44.2 Å². The van der Waals surface area contributed by atoms with Crippen LogP contribution in [0.15, 0.2) is 30.3 Å². The molecule has 0 aliphatic rings. The second-order valence-corrected chi connectivity index (χ2v) is 6.55. The first-order valence-electron chi connectivity index (χ1n) is 9.10. The van der Waals surface area contributed by atoms with Gasteiger partial charge in [-0.05, 0) is 11.5 Å². The number of hydrogen-bond donors (Lipinski definition) is 5. The quantitative estimate of drug-likeness (QED) is 0.339. The standard InChI is InChI=1S/C19H28N4O5/c1-3-12(2)17(20)19(28)23-14(9-13-7-5-4-6-8-13)18(27)22-10-15(24)21-11-16(25)26/h4-8,12,14,17H,3,9-11,20H2,1-2H3,(H,21,24)(H,22,27)(H,23,28)(H,25,26). The number of carboxylic acid groups (broad SMARTS) is 1. The molecule has 0 fully saturated rings. The molecule has 0 saturated carbocycles. The van der Waals surface area contributed by atoms with Gasteiger partial charge in [-0.15, -0.1) is 0 Å². The number of carbonyl (C=O) groups is 4. The summed E-state index contributed by atoms with van der Waals surface area (Å²) >= 11 is 0. The molecule has 9 nitrogen and oxygen atoms in total. The van der Waals surface area contributed by atoms with Gasteiger partial charge in [0.2, 0.25) is 17.7 Å². The third kappa shape index (κ3) is 8.17. The second-order valence-electron chi connectivity index (χ2n) is 6.55. The van der Waals surface area contributed by atoms with Crippen molar-refractivity contribution in [3.05, 3.63) is 35.9 Å². The lowest BCUT2D eigenvalue weighted by molar-refractivity contribution is -0.138. The Morgan fingerprint density at radius 3 is 2.25 bits per heavy atom. The van der Waals surface area contributed by atoms with Crippen molar-refractivity contribution < 1.29 is 24.3 Å². The molecule has 3 amide bonds. The van der Waals surface area contributed by atoms with Gasteiger partial charge in [0.05, 0.1) is 12.6 Å². The van der Waals surface area contributed by atoms with Crippen molar-refractivity contribution in [3.63, 3.8) is 0 Å². The first-order valence-corrected chi connectivity index (χ1v) is 9.10. The van der Waals surface area contributed by atoms with E-state index >= 15 is 0 Å². The van der Waals surface area contributed by atoms with Gasteiger partial charge in [-0.2, -0.15) is 0 Å². The van der Waals surface area contributed by atoms with Gasteiger partial charge in [-0.3, -0.25) is 19.2 Å². The molecule has 0 radical (unpaired) electrons. The van der Waals surface area contributed by atoms with E-state index in [1.54, 1.807) is 0 Å². The summed E-state index contributed by atoms with van der Waals surface area (Å²) in [5, 5.41) is 15.8. The first kappa shape index (κ1) is 23.1. The number of hydrogen-bond acceptors (Lipinski definition) is 5. The molecule has 3 atom stereocenters. The SMILES string of the molecule is CCC(C)C(N)C(=O)NC(Cc1ccccc1)C(=O)NCC(=O)NCC(=O)O. The number of benzene rings is 1. The van der Waals surface area contributed by atoms with Crippen molar-refractivity contribution in [2.75, 3.05) is 13.1 Å². The molecule has 1 aromatic carbocycles. The number of amides is 3. The number of aliphatic carboxylic acids is 1. The molecule has 0 spiro atoms. The summed E-state index contributed by atoms with van der Waals surface area (Å²) in [7, 11) is 0. The predicted molar refractivity (Wildman–Crippen MR) is 103 cm³/mol. The van der Waals surface area contributed by atoms with Crippen LogP contribution in [0.2, 0.25) is 0 Å². The van der Waals surface area contributed by atoms with Gasteiger partial charge in [0.1, 0.15) is 12.6 Å². The molecule has 0 heterocycles. The zero-order valence-electron chi connectivity index (χ0n) is 16.1. The molecule has 154 valence electrons. The van der Waals surface area contributed by atoms with Gasteiger partial charge >= 0.3 is 5.97 Å². The maximum Gasteiger partial charge on any atom is 0.322 e. The van der Waals surface area contributed by atoms with Gasteiger partial charge < -0.3 is 26.8 Å². The molecule has 1 aromatic rings. The fraction of sp³-hybridized carbons (Fsp3) is 0.474. The van der Waals surface area contributed by atoms with E-state index in [-0.39, 0.29) is 12.3 Å². The Hall–Kier alpha value is -2.94. The van der Waals surface area contributed by atoms with E-state index in [0.717, 1.165) is 5.56 Å². The molecule has 0 saturated heterocycles. The average molecular weight is 392 g/mol. The number of carboxylic acids is 1. The fourth-order valence-corrected chi connectivity index (χ4v) is 2.37. The number of nitrogens with one attached hydrogen (secondary N) is 3. The van der Waals surface area contributed by atoms with Crippen LogP contribution in [0.4, 0.5) is 0 Å². The predicted octanol–water partition coefficient (Wildman–Crippen LogP) is -0.596. The van der Waals surface area contributed by atoms with Crippen LogP contribution in [0.5, 0.6) is 0 Å². The lowest BCUT2D eigenvalue weighted by Crippen LogP contribution is -2.54. The summed E-state index contributed by atoms with van der Waals surface area (Å²) in [6.07, 6.45) is 0.941. The van der Waals surface area contributed by atoms with Crippen LogP contribution in [0.3, 0.4) is 0 Å². The fourth-order valence-electron chi connectivity index (χ4n) is 2.37. The molecule has 0 aromatic heterocycles. The van der Waals surface area contributed by atoms with Crippen LogP contribution in [0.25, 0.3) is 0 Å². The van der Waals surface area contributed by atoms with Gasteiger partial charge in [-0.1, -0.05) is 50.6 Å². The summed E-state index contributed by atoms with van der Waals surface area (Å²) in [6.45, 7) is 2.83. The number of nitrogens with two attached hydrogens (primary N) is 1. The van der Waals surface area contributed by atoms with Crippen molar-refractivity contribution >= 4 is 23.7 Å². The summed E-state index contributed by atoms with van der Waals surface area (Å²) in [5.41, 5.74) is 6.77. The van der Waals surface area contributed by atoms with E-state index < -0.39 is 48.9 Å². The topological polar surface area (TPSA) is 151 Å². The highest BCUT2D eigenvalue weighted by Crippen LogP contribution is 2.08. The van der Waals surface area contributed by atoms with Crippen LogP contribution in [0, 0.1) is 5.92 Å². The van der Waals surface area contributed by atoms with Gasteiger partial charge in [-0.25, -0.2) is 0 Å². The Morgan fingerprint density at radius 1 is 1.04 bits per heavy atom. The Kier molecular flexibility index (Phi) is 9.66. The van der Waals surface area contributed by atoms with E-state index in [4.69, 9.17) is 10.8 Å². The van der Waals surface area contributed by atoms with Gasteiger partial charge in [0, 0.05) is 6.42 Å². The molecule has 0 bridgehead atoms. The average Bonchev–Trinajstić information content (AvgIpc) is 2.69. The Bertz CT molecular complexity index is 680. The van der Waals surface area contributed by atoms with Crippen molar-refractivity contribution in [2.45, 2.75) is 38.8 Å². The number of carbonyl (C=O) groups excluding carboxylic acids is 3. The lowest BCUT2D eigenvalue weighted by Gasteiger charge is -2.23. The highest BCUT2D eigenvalue weighted by molar-refractivity contribution is 5.92. The molecule has 0 aliphatic heterocycles. The molecular weight excluding hydrogens is 364 g/mol. The van der Waals surface area contributed by atoms with E-state index in [2.05, 4.69) is 16.0 Å². The minimum atomic E-state index is -1.19. The van der Waals surface area contributed by atoms with E-state index in [9.17, 15) is 19.2 Å². The molecule has 1 rings (SSSR count). The van der Waals surface area contributed by atoms with Gasteiger partial charge in [0.25, 0.3) is 0 Å². The minimum Gasteiger partial charge on any atom is -0.480 e. The summed E-state index contributed by atoms with van der Waals surface area (Å²) in [5.74, 6) is -2.88. The molecule has 0 aliphatic carbocycles. The van der Waals surface area contributed by atoms with Gasteiger partial charge in [0.15, 0.2) is 0 Å². The van der Waals surface area contributed by atoms with Crippen LogP contribution >= 0.6 is 0 Å².